The zero-order valence-corrected chi connectivity index (χ0v) is 16.6. The third kappa shape index (κ3) is 10.9. The van der Waals surface area contributed by atoms with Crippen molar-refractivity contribution >= 4 is 15.9 Å². The van der Waals surface area contributed by atoms with Crippen molar-refractivity contribution in [2.75, 3.05) is 14.1 Å². The topological polar surface area (TPSA) is 29.5 Å². The Bertz CT molecular complexity index is 274. The molecule has 0 amide bonds. The zero-order chi connectivity index (χ0) is 16.3. The van der Waals surface area contributed by atoms with Crippen LogP contribution in [0, 0.1) is 11.3 Å². The summed E-state index contributed by atoms with van der Waals surface area (Å²) in [5.41, 5.74) is 0.00000673. The summed E-state index contributed by atoms with van der Waals surface area (Å²) in [6, 6.07) is 0. The van der Waals surface area contributed by atoms with Crippen LogP contribution in [0.4, 0.5) is 0 Å². The van der Waals surface area contributed by atoms with Crippen LogP contribution in [0.25, 0.3) is 0 Å². The molecule has 0 spiro atoms. The van der Waals surface area contributed by atoms with Crippen LogP contribution in [0.5, 0.6) is 0 Å². The van der Waals surface area contributed by atoms with Crippen molar-refractivity contribution in [1.82, 2.24) is 4.57 Å². The van der Waals surface area contributed by atoms with Gasteiger partial charge in [-0.1, -0.05) is 72.6 Å². The molecule has 0 aliphatic carbocycles. The summed E-state index contributed by atoms with van der Waals surface area (Å²) in [7, 11) is 3.09. The fourth-order valence-corrected chi connectivity index (χ4v) is 3.09. The van der Waals surface area contributed by atoms with Gasteiger partial charge in [-0.05, 0) is 25.9 Å². The number of carbonyl (C=O) groups is 1. The molecule has 0 N–H and O–H groups in total. The largest absolute Gasteiger partial charge is 0.510 e. The molecule has 21 heavy (non-hydrogen) atoms. The smallest absolute Gasteiger partial charge is 0.302 e. The van der Waals surface area contributed by atoms with Crippen molar-refractivity contribution in [3.8, 4) is 0 Å². The van der Waals surface area contributed by atoms with Crippen molar-refractivity contribution in [3.05, 3.63) is 0 Å². The first-order valence-electron chi connectivity index (χ1n) is 8.60. The van der Waals surface area contributed by atoms with Crippen molar-refractivity contribution in [2.45, 2.75) is 79.1 Å². The van der Waals surface area contributed by atoms with Gasteiger partial charge >= 0.3 is 9.92 Å². The van der Waals surface area contributed by atoms with Gasteiger partial charge in [-0.2, -0.15) is 0 Å². The average molecular weight is 316 g/mol. The average Bonchev–Trinajstić information content (AvgIpc) is 2.37. The van der Waals surface area contributed by atoms with Crippen LogP contribution in [-0.2, 0) is 9.22 Å². The maximum absolute atomic E-state index is 12.3. The van der Waals surface area contributed by atoms with Gasteiger partial charge in [0.2, 0.25) is 0 Å². The van der Waals surface area contributed by atoms with E-state index in [1.165, 1.54) is 38.5 Å². The summed E-state index contributed by atoms with van der Waals surface area (Å²) in [6.07, 6.45) is 10.0. The van der Waals surface area contributed by atoms with E-state index < -0.39 is 9.92 Å². The molecule has 0 bridgehead atoms. The number of hydrogen-bond acceptors (Lipinski definition) is 3. The Hall–Kier alpha value is -0.353. The molecule has 126 valence electrons. The lowest BCUT2D eigenvalue weighted by Gasteiger charge is -2.29. The molecule has 0 aliphatic heterocycles. The third-order valence-corrected chi connectivity index (χ3v) is 4.82. The highest BCUT2D eigenvalue weighted by molar-refractivity contribution is 6.26. The normalized spacial score (nSPS) is 14.0. The van der Waals surface area contributed by atoms with E-state index in [2.05, 4.69) is 27.7 Å². The summed E-state index contributed by atoms with van der Waals surface area (Å²) in [4.78, 5) is 12.3. The minimum atomic E-state index is -0.861. The van der Waals surface area contributed by atoms with E-state index in [1.807, 2.05) is 18.7 Å². The Balaban J connectivity index is 4.06. The van der Waals surface area contributed by atoms with Crippen LogP contribution < -0.4 is 0 Å². The third-order valence-electron chi connectivity index (χ3n) is 3.89. The van der Waals surface area contributed by atoms with Gasteiger partial charge in [-0.25, -0.2) is 0 Å². The van der Waals surface area contributed by atoms with Gasteiger partial charge in [0.05, 0.1) is 5.92 Å². The number of hydrogen-bond donors (Lipinski definition) is 0. The Labute approximate surface area is 134 Å². The van der Waals surface area contributed by atoms with E-state index in [4.69, 9.17) is 4.43 Å². The van der Waals surface area contributed by atoms with E-state index in [-0.39, 0.29) is 17.3 Å². The second kappa shape index (κ2) is 11.2. The van der Waals surface area contributed by atoms with E-state index in [0.29, 0.717) is 0 Å². The number of carbonyl (C=O) groups excluding carboxylic acids is 1. The minimum absolute atomic E-state index is 0.00000673. The van der Waals surface area contributed by atoms with Gasteiger partial charge in [0, 0.05) is 0 Å². The molecule has 0 heterocycles. The molecule has 0 saturated heterocycles. The Kier molecular flexibility index (Phi) is 11.1. The molecule has 1 unspecified atom stereocenters. The first-order valence-corrected chi connectivity index (χ1v) is 9.81. The summed E-state index contributed by atoms with van der Waals surface area (Å²) in [5, 5.41) is 0. The highest BCUT2D eigenvalue weighted by Gasteiger charge is 2.31. The Morgan fingerprint density at radius 3 is 2.05 bits per heavy atom. The molecule has 1 atom stereocenters. The highest BCUT2D eigenvalue weighted by Crippen LogP contribution is 2.31. The van der Waals surface area contributed by atoms with E-state index in [9.17, 15) is 4.79 Å². The van der Waals surface area contributed by atoms with Crippen LogP contribution in [0.2, 0.25) is 0 Å². The van der Waals surface area contributed by atoms with Crippen molar-refractivity contribution < 1.29 is 9.22 Å². The fraction of sp³-hybridized carbons (Fsp3) is 0.941. The van der Waals surface area contributed by atoms with E-state index >= 15 is 0 Å². The summed E-state index contributed by atoms with van der Waals surface area (Å²) >= 11 is 0. The molecule has 0 aromatic carbocycles. The van der Waals surface area contributed by atoms with Crippen molar-refractivity contribution in [1.29, 1.82) is 0 Å². The molecule has 0 rings (SSSR count). The molecule has 3 nitrogen and oxygen atoms in total. The number of rotatable bonds is 11. The molecule has 0 aromatic rings. The van der Waals surface area contributed by atoms with Crippen LogP contribution in [0.3, 0.4) is 0 Å². The maximum atomic E-state index is 12.3. The van der Waals surface area contributed by atoms with Gasteiger partial charge in [-0.15, -0.1) is 0 Å². The van der Waals surface area contributed by atoms with Crippen LogP contribution >= 0.6 is 0 Å². The van der Waals surface area contributed by atoms with Crippen LogP contribution in [0.1, 0.15) is 79.1 Å². The molecule has 0 radical (unpaired) electrons. The molecule has 4 heteroatoms. The monoisotopic (exact) mass is 315 g/mol. The fourth-order valence-electron chi connectivity index (χ4n) is 2.50. The quantitative estimate of drug-likeness (QED) is 0.428. The van der Waals surface area contributed by atoms with Gasteiger partial charge in [0.1, 0.15) is 0 Å². The predicted octanol–water partition coefficient (Wildman–Crippen LogP) is 3.89. The van der Waals surface area contributed by atoms with Crippen LogP contribution in [-0.4, -0.2) is 34.6 Å². The Morgan fingerprint density at radius 1 is 1.05 bits per heavy atom. The molecule has 0 aromatic heterocycles. The molecule has 0 aliphatic rings. The zero-order valence-electron chi connectivity index (χ0n) is 15.2. The standard InChI is InChI=1S/C17H37NO2Si/c1-7-8-9-10-11-12-13-14-15(17(2,3)4)16(19)20-21-18(5)6/h15H,7-14,21H2,1-6H3. The van der Waals surface area contributed by atoms with E-state index in [0.717, 1.165) is 12.8 Å². The lowest BCUT2D eigenvalue weighted by molar-refractivity contribution is -0.143. The maximum Gasteiger partial charge on any atom is 0.302 e. The lowest BCUT2D eigenvalue weighted by Crippen LogP contribution is -2.34. The van der Waals surface area contributed by atoms with Gasteiger partial charge in [-0.3, -0.25) is 4.79 Å². The first-order chi connectivity index (χ1) is 9.79. The van der Waals surface area contributed by atoms with Crippen molar-refractivity contribution in [2.24, 2.45) is 11.3 Å². The second-order valence-corrected chi connectivity index (χ2v) is 9.31. The van der Waals surface area contributed by atoms with Crippen LogP contribution in [0.15, 0.2) is 0 Å². The Morgan fingerprint density at radius 2 is 1.57 bits per heavy atom. The van der Waals surface area contributed by atoms with Gasteiger partial charge in [0.25, 0.3) is 5.97 Å². The van der Waals surface area contributed by atoms with Gasteiger partial charge < -0.3 is 8.99 Å². The lowest BCUT2D eigenvalue weighted by atomic mass is 9.78. The van der Waals surface area contributed by atoms with E-state index in [1.54, 1.807) is 0 Å². The second-order valence-electron chi connectivity index (χ2n) is 7.50. The summed E-state index contributed by atoms with van der Waals surface area (Å²) in [5.74, 6) is 0.0643. The van der Waals surface area contributed by atoms with Gasteiger partial charge in [0.15, 0.2) is 0 Å². The van der Waals surface area contributed by atoms with Crippen molar-refractivity contribution in [3.63, 3.8) is 0 Å². The number of nitrogens with zero attached hydrogens (tertiary/aromatic N) is 1. The molecule has 0 saturated carbocycles. The first kappa shape index (κ1) is 20.6. The molecular weight excluding hydrogens is 278 g/mol. The molecule has 0 fully saturated rings. The predicted molar refractivity (Wildman–Crippen MR) is 93.9 cm³/mol. The summed E-state index contributed by atoms with van der Waals surface area (Å²) in [6.45, 7) is 8.70. The number of unbranched alkanes of at least 4 members (excludes halogenated alkanes) is 6. The minimum Gasteiger partial charge on any atom is -0.510 e. The SMILES string of the molecule is CCCCCCCCCC(C(=O)O[SiH2]N(C)C)C(C)(C)C. The summed E-state index contributed by atoms with van der Waals surface area (Å²) < 4.78 is 7.55. The molecular formula is C17H37NO2Si. The highest BCUT2D eigenvalue weighted by atomic mass is 28.2.